The minimum atomic E-state index is -0.0144. The lowest BCUT2D eigenvalue weighted by Crippen LogP contribution is -1.87. The van der Waals surface area contributed by atoms with E-state index in [4.69, 9.17) is 5.11 Å². The molecule has 11 heavy (non-hydrogen) atoms. The van der Waals surface area contributed by atoms with Crippen molar-refractivity contribution in [3.05, 3.63) is 23.5 Å². The Hall–Kier alpha value is -1.000. The molecule has 0 spiro atoms. The van der Waals surface area contributed by atoms with E-state index in [-0.39, 0.29) is 6.61 Å². The van der Waals surface area contributed by atoms with Gasteiger partial charge < -0.3 is 5.11 Å². The summed E-state index contributed by atoms with van der Waals surface area (Å²) in [6.07, 6.45) is 1.66. The highest BCUT2D eigenvalue weighted by atomic mass is 32.1. The Kier molecular flexibility index (Phi) is 1.56. The number of aliphatic hydroxyl groups excluding tert-OH is 1. The zero-order valence-corrected chi connectivity index (χ0v) is 6.51. The van der Waals surface area contributed by atoms with Crippen molar-refractivity contribution in [3.63, 3.8) is 0 Å². The molecule has 0 saturated heterocycles. The number of fused-ring (bicyclic) bond motifs is 1. The number of hydrogen-bond acceptors (Lipinski definition) is 4. The Morgan fingerprint density at radius 2 is 2.36 bits per heavy atom. The number of rotatable bonds is 1. The van der Waals surface area contributed by atoms with E-state index in [1.54, 1.807) is 11.7 Å². The summed E-state index contributed by atoms with van der Waals surface area (Å²) in [5, 5.41) is 8.87. The number of pyridine rings is 1. The van der Waals surface area contributed by atoms with Crippen LogP contribution < -0.4 is 0 Å². The molecule has 2 aromatic rings. The Balaban J connectivity index is 2.79. The standard InChI is InChI=1S/C7H6N2OS/c10-3-6-7-5(1-2-8-6)9-4-11-7/h1-2,4,10H,3H2. The van der Waals surface area contributed by atoms with Crippen LogP contribution in [-0.4, -0.2) is 15.1 Å². The van der Waals surface area contributed by atoms with Gasteiger partial charge in [0.15, 0.2) is 0 Å². The Labute approximate surface area is 67.4 Å². The summed E-state index contributed by atoms with van der Waals surface area (Å²) >= 11 is 1.50. The number of thiazole rings is 1. The molecule has 0 aliphatic carbocycles. The predicted octanol–water partition coefficient (Wildman–Crippen LogP) is 1.18. The molecule has 2 aromatic heterocycles. The van der Waals surface area contributed by atoms with Crippen molar-refractivity contribution in [3.8, 4) is 0 Å². The third kappa shape index (κ3) is 1.00. The molecule has 0 saturated carbocycles. The molecule has 0 unspecified atom stereocenters. The first-order valence-corrected chi connectivity index (χ1v) is 4.07. The third-order valence-corrected chi connectivity index (χ3v) is 2.36. The van der Waals surface area contributed by atoms with Crippen LogP contribution in [0.15, 0.2) is 17.8 Å². The van der Waals surface area contributed by atoms with E-state index in [1.165, 1.54) is 11.3 Å². The van der Waals surface area contributed by atoms with Crippen molar-refractivity contribution in [2.24, 2.45) is 0 Å². The topological polar surface area (TPSA) is 46.0 Å². The molecule has 0 amide bonds. The lowest BCUT2D eigenvalue weighted by atomic mass is 10.3. The molecule has 0 aliphatic heterocycles. The van der Waals surface area contributed by atoms with E-state index in [0.717, 1.165) is 10.2 Å². The van der Waals surface area contributed by atoms with Gasteiger partial charge in [0.05, 0.1) is 28.0 Å². The van der Waals surface area contributed by atoms with Crippen LogP contribution in [-0.2, 0) is 6.61 Å². The van der Waals surface area contributed by atoms with Gasteiger partial charge in [-0.1, -0.05) is 0 Å². The van der Waals surface area contributed by atoms with Crippen LogP contribution in [0.3, 0.4) is 0 Å². The largest absolute Gasteiger partial charge is 0.390 e. The highest BCUT2D eigenvalue weighted by Crippen LogP contribution is 2.19. The van der Waals surface area contributed by atoms with E-state index < -0.39 is 0 Å². The number of aromatic nitrogens is 2. The van der Waals surface area contributed by atoms with Crippen LogP contribution in [0.4, 0.5) is 0 Å². The van der Waals surface area contributed by atoms with Crippen LogP contribution in [0.25, 0.3) is 10.2 Å². The highest BCUT2D eigenvalue weighted by Gasteiger charge is 2.01. The molecule has 1 N–H and O–H groups in total. The van der Waals surface area contributed by atoms with Crippen LogP contribution in [0.2, 0.25) is 0 Å². The molecular formula is C7H6N2OS. The number of aliphatic hydroxyl groups is 1. The first kappa shape index (κ1) is 6.69. The Bertz CT molecular complexity index is 371. The molecular weight excluding hydrogens is 160 g/mol. The SMILES string of the molecule is OCc1nccc2ncsc12. The Morgan fingerprint density at radius 1 is 1.45 bits per heavy atom. The smallest absolute Gasteiger partial charge is 0.0868 e. The van der Waals surface area contributed by atoms with Crippen molar-refractivity contribution in [2.45, 2.75) is 6.61 Å². The van der Waals surface area contributed by atoms with Gasteiger partial charge in [0.1, 0.15) is 0 Å². The molecule has 0 aromatic carbocycles. The van der Waals surface area contributed by atoms with Crippen LogP contribution in [0.1, 0.15) is 5.69 Å². The molecule has 0 bridgehead atoms. The fourth-order valence-electron chi connectivity index (χ4n) is 0.959. The van der Waals surface area contributed by atoms with Gasteiger partial charge in [-0.3, -0.25) is 4.98 Å². The van der Waals surface area contributed by atoms with Gasteiger partial charge in [-0.05, 0) is 6.07 Å². The first-order valence-electron chi connectivity index (χ1n) is 3.20. The minimum absolute atomic E-state index is 0.0144. The number of hydrogen-bond donors (Lipinski definition) is 1. The van der Waals surface area contributed by atoms with Crippen molar-refractivity contribution < 1.29 is 5.11 Å². The van der Waals surface area contributed by atoms with E-state index in [2.05, 4.69) is 9.97 Å². The summed E-state index contributed by atoms with van der Waals surface area (Å²) in [5.74, 6) is 0. The maximum Gasteiger partial charge on any atom is 0.0868 e. The highest BCUT2D eigenvalue weighted by molar-refractivity contribution is 7.16. The molecule has 0 aliphatic rings. The quantitative estimate of drug-likeness (QED) is 0.692. The van der Waals surface area contributed by atoms with E-state index in [9.17, 15) is 0 Å². The second-order valence-electron chi connectivity index (χ2n) is 2.12. The van der Waals surface area contributed by atoms with Gasteiger partial charge in [-0.2, -0.15) is 0 Å². The maximum atomic E-state index is 8.87. The molecule has 2 heterocycles. The van der Waals surface area contributed by atoms with Crippen molar-refractivity contribution in [1.82, 2.24) is 9.97 Å². The Morgan fingerprint density at radius 3 is 3.18 bits per heavy atom. The van der Waals surface area contributed by atoms with E-state index >= 15 is 0 Å². The summed E-state index contributed by atoms with van der Waals surface area (Å²) in [6.45, 7) is -0.0144. The monoisotopic (exact) mass is 166 g/mol. The van der Waals surface area contributed by atoms with Gasteiger partial charge in [-0.15, -0.1) is 11.3 Å². The summed E-state index contributed by atoms with van der Waals surface area (Å²) in [7, 11) is 0. The third-order valence-electron chi connectivity index (χ3n) is 1.47. The fourth-order valence-corrected chi connectivity index (χ4v) is 1.72. The number of nitrogens with zero attached hydrogens (tertiary/aromatic N) is 2. The minimum Gasteiger partial charge on any atom is -0.390 e. The van der Waals surface area contributed by atoms with Gasteiger partial charge in [0.2, 0.25) is 0 Å². The normalized spacial score (nSPS) is 10.6. The second-order valence-corrected chi connectivity index (χ2v) is 2.97. The van der Waals surface area contributed by atoms with Crippen molar-refractivity contribution >= 4 is 21.6 Å². The zero-order chi connectivity index (χ0) is 7.68. The summed E-state index contributed by atoms with van der Waals surface area (Å²) in [4.78, 5) is 8.11. The van der Waals surface area contributed by atoms with Crippen LogP contribution in [0.5, 0.6) is 0 Å². The van der Waals surface area contributed by atoms with Gasteiger partial charge in [0.25, 0.3) is 0 Å². The van der Waals surface area contributed by atoms with E-state index in [0.29, 0.717) is 5.69 Å². The zero-order valence-electron chi connectivity index (χ0n) is 5.69. The average molecular weight is 166 g/mol. The first-order chi connectivity index (χ1) is 5.42. The fraction of sp³-hybridized carbons (Fsp3) is 0.143. The summed E-state index contributed by atoms with van der Waals surface area (Å²) in [6, 6.07) is 1.84. The molecule has 0 radical (unpaired) electrons. The van der Waals surface area contributed by atoms with Crippen molar-refractivity contribution in [1.29, 1.82) is 0 Å². The maximum absolute atomic E-state index is 8.87. The molecule has 56 valence electrons. The summed E-state index contributed by atoms with van der Waals surface area (Å²) in [5.41, 5.74) is 3.38. The second kappa shape index (κ2) is 2.56. The molecule has 0 atom stereocenters. The van der Waals surface area contributed by atoms with E-state index in [1.807, 2.05) is 6.07 Å². The van der Waals surface area contributed by atoms with Gasteiger partial charge >= 0.3 is 0 Å². The lowest BCUT2D eigenvalue weighted by molar-refractivity contribution is 0.279. The lowest BCUT2D eigenvalue weighted by Gasteiger charge is -1.93. The molecule has 0 fully saturated rings. The van der Waals surface area contributed by atoms with Gasteiger partial charge in [-0.25, -0.2) is 4.98 Å². The van der Waals surface area contributed by atoms with Crippen LogP contribution in [0, 0.1) is 0 Å². The predicted molar refractivity (Wildman–Crippen MR) is 43.3 cm³/mol. The molecule has 2 rings (SSSR count). The summed E-state index contributed by atoms with van der Waals surface area (Å²) < 4.78 is 0.981. The van der Waals surface area contributed by atoms with Crippen molar-refractivity contribution in [2.75, 3.05) is 0 Å². The molecule has 4 heteroatoms. The van der Waals surface area contributed by atoms with Crippen LogP contribution >= 0.6 is 11.3 Å². The average Bonchev–Trinajstić information content (AvgIpc) is 2.50. The van der Waals surface area contributed by atoms with Gasteiger partial charge in [0, 0.05) is 6.20 Å². The molecule has 3 nitrogen and oxygen atoms in total.